The summed E-state index contributed by atoms with van der Waals surface area (Å²) in [6.07, 6.45) is 6.49. The maximum Gasteiger partial charge on any atom is 0.269 e. The molecule has 0 spiro atoms. The van der Waals surface area contributed by atoms with E-state index in [4.69, 9.17) is 0 Å². The SMILES string of the molecule is CCc1c(C(=O)Nc2ccc(-n3cncn3)nc2)cnn1-c1ccc([N+](=O)[O-])cc1. The number of nitro groups is 1. The highest BCUT2D eigenvalue weighted by molar-refractivity contribution is 6.05. The molecule has 0 radical (unpaired) electrons. The summed E-state index contributed by atoms with van der Waals surface area (Å²) in [5, 5.41) is 21.9. The summed E-state index contributed by atoms with van der Waals surface area (Å²) in [6, 6.07) is 9.42. The highest BCUT2D eigenvalue weighted by Gasteiger charge is 2.18. The predicted octanol–water partition coefficient (Wildman–Crippen LogP) is 2.57. The minimum absolute atomic E-state index is 0.0104. The molecule has 0 saturated heterocycles. The Bertz CT molecular complexity index is 1180. The molecule has 3 heterocycles. The summed E-state index contributed by atoms with van der Waals surface area (Å²) in [7, 11) is 0. The third-order valence-corrected chi connectivity index (χ3v) is 4.41. The first kappa shape index (κ1) is 18.9. The Morgan fingerprint density at radius 2 is 1.93 bits per heavy atom. The van der Waals surface area contributed by atoms with Crippen LogP contribution in [-0.4, -0.2) is 40.4 Å². The Morgan fingerprint density at radius 3 is 2.53 bits per heavy atom. The highest BCUT2D eigenvalue weighted by Crippen LogP contribution is 2.20. The van der Waals surface area contributed by atoms with Gasteiger partial charge in [-0.1, -0.05) is 6.92 Å². The van der Waals surface area contributed by atoms with Crippen LogP contribution in [0.25, 0.3) is 11.5 Å². The molecule has 0 aliphatic carbocycles. The van der Waals surface area contributed by atoms with E-state index in [1.54, 1.807) is 28.9 Å². The lowest BCUT2D eigenvalue weighted by Crippen LogP contribution is -2.14. The summed E-state index contributed by atoms with van der Waals surface area (Å²) in [4.78, 5) is 31.3. The molecule has 3 aromatic heterocycles. The van der Waals surface area contributed by atoms with Gasteiger partial charge in [-0.05, 0) is 30.7 Å². The summed E-state index contributed by atoms with van der Waals surface area (Å²) < 4.78 is 3.11. The number of carbonyl (C=O) groups excluding carboxylic acids is 1. The van der Waals surface area contributed by atoms with Crippen LogP contribution in [0.5, 0.6) is 0 Å². The van der Waals surface area contributed by atoms with Crippen molar-refractivity contribution in [3.63, 3.8) is 0 Å². The first-order chi connectivity index (χ1) is 14.6. The molecule has 11 nitrogen and oxygen atoms in total. The van der Waals surface area contributed by atoms with E-state index >= 15 is 0 Å². The molecule has 11 heteroatoms. The summed E-state index contributed by atoms with van der Waals surface area (Å²) in [5.41, 5.74) is 2.25. The van der Waals surface area contributed by atoms with Gasteiger partial charge in [-0.25, -0.2) is 19.3 Å². The second kappa shape index (κ2) is 7.91. The molecule has 0 aliphatic rings. The number of nitro benzene ring substituents is 1. The molecule has 4 rings (SSSR count). The molecule has 30 heavy (non-hydrogen) atoms. The van der Waals surface area contributed by atoms with E-state index < -0.39 is 4.92 Å². The Labute approximate surface area is 170 Å². The van der Waals surface area contributed by atoms with Gasteiger partial charge in [-0.2, -0.15) is 10.2 Å². The molecular weight excluding hydrogens is 388 g/mol. The molecule has 1 amide bonds. The molecule has 0 aliphatic heterocycles. The number of benzene rings is 1. The average Bonchev–Trinajstić information content (AvgIpc) is 3.44. The van der Waals surface area contributed by atoms with Crippen LogP contribution in [-0.2, 0) is 6.42 Å². The van der Waals surface area contributed by atoms with Crippen LogP contribution in [0.3, 0.4) is 0 Å². The Hall–Kier alpha value is -4.41. The topological polar surface area (TPSA) is 134 Å². The van der Waals surface area contributed by atoms with E-state index in [-0.39, 0.29) is 11.6 Å². The molecule has 1 aromatic carbocycles. The number of nitrogens with zero attached hydrogens (tertiary/aromatic N) is 7. The van der Waals surface area contributed by atoms with Gasteiger partial charge >= 0.3 is 0 Å². The minimum atomic E-state index is -0.464. The molecule has 0 unspecified atom stereocenters. The van der Waals surface area contributed by atoms with Crippen LogP contribution >= 0.6 is 0 Å². The lowest BCUT2D eigenvalue weighted by molar-refractivity contribution is -0.384. The highest BCUT2D eigenvalue weighted by atomic mass is 16.6. The van der Waals surface area contributed by atoms with Crippen LogP contribution in [0.1, 0.15) is 23.0 Å². The van der Waals surface area contributed by atoms with Gasteiger partial charge in [0.15, 0.2) is 5.82 Å². The molecule has 1 N–H and O–H groups in total. The second-order valence-corrected chi connectivity index (χ2v) is 6.24. The lowest BCUT2D eigenvalue weighted by atomic mass is 10.2. The maximum absolute atomic E-state index is 12.8. The van der Waals surface area contributed by atoms with Crippen molar-refractivity contribution in [1.29, 1.82) is 0 Å². The van der Waals surface area contributed by atoms with E-state index in [1.165, 1.54) is 41.9 Å². The molecule has 0 bridgehead atoms. The summed E-state index contributed by atoms with van der Waals surface area (Å²) in [5.74, 6) is 0.251. The number of hydrogen-bond donors (Lipinski definition) is 1. The van der Waals surface area contributed by atoms with Crippen LogP contribution in [0, 0.1) is 10.1 Å². The number of amides is 1. The summed E-state index contributed by atoms with van der Waals surface area (Å²) >= 11 is 0. The quantitative estimate of drug-likeness (QED) is 0.385. The van der Waals surface area contributed by atoms with E-state index in [0.717, 1.165) is 0 Å². The van der Waals surface area contributed by atoms with Gasteiger partial charge in [0.25, 0.3) is 11.6 Å². The van der Waals surface area contributed by atoms with Crippen molar-refractivity contribution in [2.45, 2.75) is 13.3 Å². The smallest absolute Gasteiger partial charge is 0.269 e. The van der Waals surface area contributed by atoms with Gasteiger partial charge in [-0.3, -0.25) is 14.9 Å². The lowest BCUT2D eigenvalue weighted by Gasteiger charge is -2.09. The minimum Gasteiger partial charge on any atom is -0.320 e. The van der Waals surface area contributed by atoms with Gasteiger partial charge in [0.2, 0.25) is 0 Å². The van der Waals surface area contributed by atoms with Crippen LogP contribution in [0.15, 0.2) is 61.4 Å². The fourth-order valence-electron chi connectivity index (χ4n) is 2.96. The van der Waals surface area contributed by atoms with Crippen molar-refractivity contribution in [1.82, 2.24) is 29.5 Å². The third-order valence-electron chi connectivity index (χ3n) is 4.41. The van der Waals surface area contributed by atoms with Crippen molar-refractivity contribution < 1.29 is 9.72 Å². The van der Waals surface area contributed by atoms with Gasteiger partial charge < -0.3 is 5.32 Å². The molecular formula is C19H16N8O3. The number of carbonyl (C=O) groups is 1. The Kier molecular flexibility index (Phi) is 4.99. The van der Waals surface area contributed by atoms with Crippen molar-refractivity contribution >= 4 is 17.3 Å². The predicted molar refractivity (Wildman–Crippen MR) is 107 cm³/mol. The average molecular weight is 404 g/mol. The fraction of sp³-hybridized carbons (Fsp3) is 0.105. The molecule has 0 atom stereocenters. The Balaban J connectivity index is 1.55. The Morgan fingerprint density at radius 1 is 1.13 bits per heavy atom. The first-order valence-corrected chi connectivity index (χ1v) is 9.01. The maximum atomic E-state index is 12.8. The van der Waals surface area contributed by atoms with E-state index in [2.05, 4.69) is 25.5 Å². The van der Waals surface area contributed by atoms with Crippen molar-refractivity contribution in [3.8, 4) is 11.5 Å². The van der Waals surface area contributed by atoms with Gasteiger partial charge in [0.05, 0.1) is 39.9 Å². The number of hydrogen-bond acceptors (Lipinski definition) is 7. The number of anilines is 1. The molecule has 4 aromatic rings. The number of pyridine rings is 1. The van der Waals surface area contributed by atoms with Crippen molar-refractivity contribution in [2.24, 2.45) is 0 Å². The van der Waals surface area contributed by atoms with Gasteiger partial charge in [0, 0.05) is 12.1 Å². The zero-order chi connectivity index (χ0) is 21.1. The summed E-state index contributed by atoms with van der Waals surface area (Å²) in [6.45, 7) is 1.91. The van der Waals surface area contributed by atoms with E-state index in [1.807, 2.05) is 6.92 Å². The van der Waals surface area contributed by atoms with Crippen LogP contribution < -0.4 is 5.32 Å². The van der Waals surface area contributed by atoms with Crippen LogP contribution in [0.4, 0.5) is 11.4 Å². The molecule has 0 saturated carbocycles. The number of non-ortho nitro benzene ring substituents is 1. The molecule has 150 valence electrons. The van der Waals surface area contributed by atoms with Crippen molar-refractivity contribution in [2.75, 3.05) is 5.32 Å². The molecule has 0 fully saturated rings. The zero-order valence-corrected chi connectivity index (χ0v) is 15.8. The monoisotopic (exact) mass is 404 g/mol. The largest absolute Gasteiger partial charge is 0.320 e. The van der Waals surface area contributed by atoms with Gasteiger partial charge in [0.1, 0.15) is 12.7 Å². The second-order valence-electron chi connectivity index (χ2n) is 6.24. The number of aromatic nitrogens is 6. The van der Waals surface area contributed by atoms with E-state index in [9.17, 15) is 14.9 Å². The fourth-order valence-corrected chi connectivity index (χ4v) is 2.96. The third kappa shape index (κ3) is 3.63. The van der Waals surface area contributed by atoms with Gasteiger partial charge in [-0.15, -0.1) is 0 Å². The first-order valence-electron chi connectivity index (χ1n) is 9.01. The number of nitrogens with one attached hydrogen (secondary N) is 1. The number of rotatable bonds is 6. The normalized spacial score (nSPS) is 10.7. The van der Waals surface area contributed by atoms with E-state index in [0.29, 0.717) is 34.9 Å². The standard InChI is InChI=1S/C19H16N8O3/c1-2-17-16(10-22-26(17)14-4-6-15(7-5-14)27(29)30)19(28)24-13-3-8-18(21-9-13)25-12-20-11-23-25/h3-12H,2H2,1H3,(H,24,28). The van der Waals surface area contributed by atoms with Crippen LogP contribution in [0.2, 0.25) is 0 Å². The van der Waals surface area contributed by atoms with Crippen molar-refractivity contribution in [3.05, 3.63) is 82.8 Å². The zero-order valence-electron chi connectivity index (χ0n) is 15.8.